The molecule has 29 heavy (non-hydrogen) atoms. The number of rotatable bonds is 5. The zero-order valence-electron chi connectivity index (χ0n) is 16.4. The first kappa shape index (κ1) is 21.4. The van der Waals surface area contributed by atoms with Gasteiger partial charge in [0.2, 0.25) is 25.0 Å². The summed E-state index contributed by atoms with van der Waals surface area (Å²) in [5, 5.41) is 6.63. The SMILES string of the molecule is CN(C)S(=O)(=O)c1ccc(C(=O)N2CCC(S(=O)(=O)c3nncn3C)CC2)cc1. The molecule has 1 aliphatic rings. The number of amides is 1. The van der Waals surface area contributed by atoms with Crippen LogP contribution in [0, 0.1) is 0 Å². The van der Waals surface area contributed by atoms with Gasteiger partial charge in [-0.1, -0.05) is 0 Å². The number of nitrogens with zero attached hydrogens (tertiary/aromatic N) is 5. The number of piperidine rings is 1. The normalized spacial score (nSPS) is 16.3. The fraction of sp³-hybridized carbons (Fsp3) is 0.471. The molecule has 0 bridgehead atoms. The predicted octanol–water partition coefficient (Wildman–Crippen LogP) is 0.144. The van der Waals surface area contributed by atoms with E-state index in [-0.39, 0.29) is 16.0 Å². The molecule has 0 atom stereocenters. The summed E-state index contributed by atoms with van der Waals surface area (Å²) < 4.78 is 52.2. The molecule has 12 heteroatoms. The Morgan fingerprint density at radius 2 is 1.66 bits per heavy atom. The molecule has 0 saturated carbocycles. The monoisotopic (exact) mass is 441 g/mol. The molecule has 10 nitrogen and oxygen atoms in total. The Kier molecular flexibility index (Phi) is 5.79. The minimum atomic E-state index is -3.61. The van der Waals surface area contributed by atoms with E-state index in [1.165, 1.54) is 49.3 Å². The summed E-state index contributed by atoms with van der Waals surface area (Å²) in [7, 11) is -2.73. The van der Waals surface area contributed by atoms with Crippen LogP contribution in [-0.2, 0) is 26.9 Å². The van der Waals surface area contributed by atoms with Crippen molar-refractivity contribution in [3.63, 3.8) is 0 Å². The zero-order chi connectivity index (χ0) is 21.4. The molecule has 1 fully saturated rings. The van der Waals surface area contributed by atoms with E-state index in [0.29, 0.717) is 31.5 Å². The van der Waals surface area contributed by atoms with Crippen molar-refractivity contribution < 1.29 is 21.6 Å². The molecule has 0 N–H and O–H groups in total. The number of aromatic nitrogens is 3. The number of sulfone groups is 1. The molecular weight excluding hydrogens is 418 g/mol. The van der Waals surface area contributed by atoms with E-state index in [1.807, 2.05) is 0 Å². The molecule has 0 unspecified atom stereocenters. The summed E-state index contributed by atoms with van der Waals surface area (Å²) in [4.78, 5) is 14.4. The van der Waals surface area contributed by atoms with Crippen LogP contribution in [0.1, 0.15) is 23.2 Å². The molecule has 158 valence electrons. The van der Waals surface area contributed by atoms with Crippen molar-refractivity contribution >= 4 is 25.8 Å². The lowest BCUT2D eigenvalue weighted by molar-refractivity contribution is 0.0725. The lowest BCUT2D eigenvalue weighted by Gasteiger charge is -2.31. The van der Waals surface area contributed by atoms with Crippen molar-refractivity contribution in [2.24, 2.45) is 7.05 Å². The first-order valence-corrected chi connectivity index (χ1v) is 11.9. The molecule has 0 aliphatic carbocycles. The second-order valence-corrected chi connectivity index (χ2v) is 11.3. The Morgan fingerprint density at radius 1 is 1.07 bits per heavy atom. The van der Waals surface area contributed by atoms with Crippen LogP contribution in [0.25, 0.3) is 0 Å². The molecule has 1 aromatic heterocycles. The van der Waals surface area contributed by atoms with Gasteiger partial charge in [0, 0.05) is 39.8 Å². The Labute approximate surface area is 170 Å². The number of sulfonamides is 1. The second-order valence-electron chi connectivity index (χ2n) is 7.07. The highest BCUT2D eigenvalue weighted by atomic mass is 32.2. The number of carbonyl (C=O) groups excluding carboxylic acids is 1. The van der Waals surface area contributed by atoms with Crippen LogP contribution >= 0.6 is 0 Å². The van der Waals surface area contributed by atoms with Gasteiger partial charge in [-0.15, -0.1) is 10.2 Å². The van der Waals surface area contributed by atoms with Gasteiger partial charge in [-0.05, 0) is 37.1 Å². The molecular formula is C17H23N5O5S2. The Hall–Kier alpha value is -2.31. The maximum atomic E-state index is 12.7. The minimum absolute atomic E-state index is 0.0695. The average molecular weight is 442 g/mol. The number of benzene rings is 1. The Balaban J connectivity index is 1.68. The smallest absolute Gasteiger partial charge is 0.253 e. The van der Waals surface area contributed by atoms with Crippen LogP contribution < -0.4 is 0 Å². The van der Waals surface area contributed by atoms with Gasteiger partial charge >= 0.3 is 0 Å². The number of carbonyl (C=O) groups is 1. The first-order valence-electron chi connectivity index (χ1n) is 8.95. The topological polar surface area (TPSA) is 123 Å². The lowest BCUT2D eigenvalue weighted by Crippen LogP contribution is -2.42. The maximum Gasteiger partial charge on any atom is 0.253 e. The molecule has 1 aliphatic heterocycles. The highest BCUT2D eigenvalue weighted by molar-refractivity contribution is 7.91. The van der Waals surface area contributed by atoms with Gasteiger partial charge in [0.15, 0.2) is 0 Å². The summed E-state index contributed by atoms with van der Waals surface area (Å²) in [6.07, 6.45) is 1.94. The standard InChI is InChI=1S/C17H23N5O5S2/c1-20(2)29(26,27)15-6-4-13(5-7-15)16(23)22-10-8-14(9-11-22)28(24,25)17-19-18-12-21(17)3/h4-7,12,14H,8-11H2,1-3H3. The first-order chi connectivity index (χ1) is 13.5. The third-order valence-corrected chi connectivity index (χ3v) is 9.03. The van der Waals surface area contributed by atoms with E-state index in [9.17, 15) is 21.6 Å². The minimum Gasteiger partial charge on any atom is -0.339 e. The average Bonchev–Trinajstić information content (AvgIpc) is 3.14. The molecule has 0 radical (unpaired) electrons. The number of hydrogen-bond donors (Lipinski definition) is 0. The van der Waals surface area contributed by atoms with Gasteiger partial charge in [0.1, 0.15) is 6.33 Å². The van der Waals surface area contributed by atoms with Crippen LogP contribution in [0.3, 0.4) is 0 Å². The van der Waals surface area contributed by atoms with Crippen LogP contribution in [0.2, 0.25) is 0 Å². The highest BCUT2D eigenvalue weighted by Crippen LogP contribution is 2.24. The van der Waals surface area contributed by atoms with Gasteiger partial charge in [-0.2, -0.15) is 0 Å². The fourth-order valence-electron chi connectivity index (χ4n) is 3.21. The van der Waals surface area contributed by atoms with E-state index in [2.05, 4.69) is 10.2 Å². The molecule has 0 spiro atoms. The third kappa shape index (κ3) is 4.05. The van der Waals surface area contributed by atoms with Crippen LogP contribution in [0.4, 0.5) is 0 Å². The van der Waals surface area contributed by atoms with E-state index >= 15 is 0 Å². The van der Waals surface area contributed by atoms with E-state index in [1.54, 1.807) is 11.9 Å². The Morgan fingerprint density at radius 3 is 2.14 bits per heavy atom. The van der Waals surface area contributed by atoms with Crippen molar-refractivity contribution in [2.45, 2.75) is 28.1 Å². The van der Waals surface area contributed by atoms with E-state index < -0.39 is 25.1 Å². The second kappa shape index (κ2) is 7.84. The largest absolute Gasteiger partial charge is 0.339 e. The fourth-order valence-corrected chi connectivity index (χ4v) is 5.85. The van der Waals surface area contributed by atoms with Crippen molar-refractivity contribution in [3.8, 4) is 0 Å². The van der Waals surface area contributed by atoms with Crippen molar-refractivity contribution in [2.75, 3.05) is 27.2 Å². The summed E-state index contributed by atoms with van der Waals surface area (Å²) in [6, 6.07) is 5.74. The van der Waals surface area contributed by atoms with Crippen LogP contribution in [0.15, 0.2) is 40.6 Å². The van der Waals surface area contributed by atoms with Gasteiger partial charge in [-0.3, -0.25) is 4.79 Å². The molecule has 2 aromatic rings. The summed E-state index contributed by atoms with van der Waals surface area (Å²) in [5.41, 5.74) is 0.359. The van der Waals surface area contributed by atoms with Gasteiger partial charge < -0.3 is 9.47 Å². The zero-order valence-corrected chi connectivity index (χ0v) is 18.0. The third-order valence-electron chi connectivity index (χ3n) is 4.97. The summed E-state index contributed by atoms with van der Waals surface area (Å²) >= 11 is 0. The highest BCUT2D eigenvalue weighted by Gasteiger charge is 2.35. The van der Waals surface area contributed by atoms with Gasteiger partial charge in [0.05, 0.1) is 10.1 Å². The van der Waals surface area contributed by atoms with Gasteiger partial charge in [0.25, 0.3) is 5.91 Å². The van der Waals surface area contributed by atoms with Crippen LogP contribution in [0.5, 0.6) is 0 Å². The molecule has 1 saturated heterocycles. The molecule has 3 rings (SSSR count). The maximum absolute atomic E-state index is 12.7. The van der Waals surface area contributed by atoms with Crippen molar-refractivity contribution in [1.29, 1.82) is 0 Å². The number of aryl methyl sites for hydroxylation is 1. The predicted molar refractivity (Wildman–Crippen MR) is 104 cm³/mol. The quantitative estimate of drug-likeness (QED) is 0.647. The van der Waals surface area contributed by atoms with E-state index in [4.69, 9.17) is 0 Å². The summed E-state index contributed by atoms with van der Waals surface area (Å²) in [5.74, 6) is -0.256. The van der Waals surface area contributed by atoms with Crippen molar-refractivity contribution in [1.82, 2.24) is 24.0 Å². The Bertz CT molecular complexity index is 1100. The molecule has 1 aromatic carbocycles. The van der Waals surface area contributed by atoms with Crippen molar-refractivity contribution in [3.05, 3.63) is 36.2 Å². The lowest BCUT2D eigenvalue weighted by atomic mass is 10.1. The molecule has 1 amide bonds. The van der Waals surface area contributed by atoms with E-state index in [0.717, 1.165) is 4.31 Å². The van der Waals surface area contributed by atoms with Gasteiger partial charge in [-0.25, -0.2) is 21.1 Å². The summed E-state index contributed by atoms with van der Waals surface area (Å²) in [6.45, 7) is 0.580. The number of hydrogen-bond acceptors (Lipinski definition) is 7. The van der Waals surface area contributed by atoms with Crippen LogP contribution in [-0.4, -0.2) is 79.1 Å². The molecule has 2 heterocycles. The number of likely N-dealkylation sites (tertiary alicyclic amines) is 1.